The molecule has 0 saturated heterocycles. The molecule has 4 heteroatoms. The van der Waals surface area contributed by atoms with Gasteiger partial charge in [0.15, 0.2) is 0 Å². The normalized spacial score (nSPS) is 14.6. The Bertz CT molecular complexity index is 359. The second kappa shape index (κ2) is 6.94. The summed E-state index contributed by atoms with van der Waals surface area (Å²) in [5, 5.41) is 3.71. The number of likely N-dealkylation sites (N-methyl/N-ethyl adjacent to an activating group) is 1. The molecule has 96 valence electrons. The van der Waals surface area contributed by atoms with E-state index in [-0.39, 0.29) is 18.0 Å². The molecule has 0 aliphatic carbocycles. The van der Waals surface area contributed by atoms with Gasteiger partial charge in [0.1, 0.15) is 5.82 Å². The SMILES string of the molecule is CCCC(OC)C(NC)c1cc(F)ccc1Cl. The minimum absolute atomic E-state index is 0.00991. The lowest BCUT2D eigenvalue weighted by molar-refractivity contribution is 0.0630. The van der Waals surface area contributed by atoms with E-state index in [9.17, 15) is 4.39 Å². The molecule has 0 radical (unpaired) electrons. The largest absolute Gasteiger partial charge is 0.379 e. The summed E-state index contributed by atoms with van der Waals surface area (Å²) >= 11 is 6.11. The molecule has 0 saturated carbocycles. The van der Waals surface area contributed by atoms with Gasteiger partial charge in [0.05, 0.1) is 12.1 Å². The summed E-state index contributed by atoms with van der Waals surface area (Å²) in [4.78, 5) is 0. The molecule has 0 spiro atoms. The number of benzene rings is 1. The number of hydrogen-bond acceptors (Lipinski definition) is 2. The van der Waals surface area contributed by atoms with E-state index in [1.54, 1.807) is 13.2 Å². The minimum Gasteiger partial charge on any atom is -0.379 e. The van der Waals surface area contributed by atoms with Crippen molar-refractivity contribution in [2.24, 2.45) is 0 Å². The van der Waals surface area contributed by atoms with Crippen molar-refractivity contribution in [1.29, 1.82) is 0 Å². The standard InChI is InChI=1S/C13H19ClFNO/c1-4-5-12(17-3)13(16-2)10-8-9(15)6-7-11(10)14/h6-8,12-13,16H,4-5H2,1-3H3. The predicted octanol–water partition coefficient (Wildman–Crippen LogP) is 3.55. The first-order valence-corrected chi connectivity index (χ1v) is 6.16. The van der Waals surface area contributed by atoms with Gasteiger partial charge in [0.25, 0.3) is 0 Å². The van der Waals surface area contributed by atoms with Crippen molar-refractivity contribution in [1.82, 2.24) is 5.32 Å². The van der Waals surface area contributed by atoms with Gasteiger partial charge in [0, 0.05) is 12.1 Å². The van der Waals surface area contributed by atoms with E-state index >= 15 is 0 Å². The Morgan fingerprint density at radius 2 is 2.18 bits per heavy atom. The van der Waals surface area contributed by atoms with Crippen LogP contribution >= 0.6 is 11.6 Å². The van der Waals surface area contributed by atoms with E-state index in [4.69, 9.17) is 16.3 Å². The summed E-state index contributed by atoms with van der Waals surface area (Å²) in [5.41, 5.74) is 0.745. The van der Waals surface area contributed by atoms with Crippen LogP contribution in [0, 0.1) is 5.82 Å². The molecule has 1 N–H and O–H groups in total. The minimum atomic E-state index is -0.281. The highest BCUT2D eigenvalue weighted by Gasteiger charge is 2.23. The van der Waals surface area contributed by atoms with Gasteiger partial charge in [-0.1, -0.05) is 24.9 Å². The molecule has 1 rings (SSSR count). The van der Waals surface area contributed by atoms with E-state index in [1.165, 1.54) is 12.1 Å². The van der Waals surface area contributed by atoms with Crippen molar-refractivity contribution in [3.8, 4) is 0 Å². The predicted molar refractivity (Wildman–Crippen MR) is 68.9 cm³/mol. The van der Waals surface area contributed by atoms with Crippen molar-refractivity contribution in [2.45, 2.75) is 31.9 Å². The van der Waals surface area contributed by atoms with E-state index in [1.807, 2.05) is 7.05 Å². The molecule has 17 heavy (non-hydrogen) atoms. The molecule has 2 atom stereocenters. The van der Waals surface area contributed by atoms with Crippen molar-refractivity contribution < 1.29 is 9.13 Å². The molecule has 0 aliphatic rings. The topological polar surface area (TPSA) is 21.3 Å². The Labute approximate surface area is 107 Å². The number of halogens is 2. The van der Waals surface area contributed by atoms with Gasteiger partial charge in [-0.3, -0.25) is 0 Å². The zero-order valence-electron chi connectivity index (χ0n) is 10.5. The highest BCUT2D eigenvalue weighted by atomic mass is 35.5. The van der Waals surface area contributed by atoms with Crippen LogP contribution in [0.25, 0.3) is 0 Å². The first-order chi connectivity index (χ1) is 8.13. The number of methoxy groups -OCH3 is 1. The third-order valence-corrected chi connectivity index (χ3v) is 3.20. The molecule has 0 heterocycles. The second-order valence-electron chi connectivity index (χ2n) is 4.00. The Kier molecular flexibility index (Phi) is 5.89. The van der Waals surface area contributed by atoms with Gasteiger partial charge in [0.2, 0.25) is 0 Å². The zero-order chi connectivity index (χ0) is 12.8. The number of ether oxygens (including phenoxy) is 1. The van der Waals surface area contributed by atoms with Crippen LogP contribution in [-0.2, 0) is 4.74 Å². The molecular formula is C13H19ClFNO. The van der Waals surface area contributed by atoms with Gasteiger partial charge < -0.3 is 10.1 Å². The smallest absolute Gasteiger partial charge is 0.123 e. The van der Waals surface area contributed by atoms with E-state index in [0.717, 1.165) is 18.4 Å². The van der Waals surface area contributed by atoms with E-state index in [0.29, 0.717) is 5.02 Å². The fourth-order valence-corrected chi connectivity index (χ4v) is 2.23. The molecule has 2 unspecified atom stereocenters. The summed E-state index contributed by atoms with van der Waals surface area (Å²) in [6.07, 6.45) is 1.89. The van der Waals surface area contributed by atoms with Gasteiger partial charge in [-0.15, -0.1) is 0 Å². The highest BCUT2D eigenvalue weighted by molar-refractivity contribution is 6.31. The lowest BCUT2D eigenvalue weighted by Gasteiger charge is -2.26. The quantitative estimate of drug-likeness (QED) is 0.844. The van der Waals surface area contributed by atoms with Gasteiger partial charge >= 0.3 is 0 Å². The maximum Gasteiger partial charge on any atom is 0.123 e. The van der Waals surface area contributed by atoms with Crippen molar-refractivity contribution in [3.05, 3.63) is 34.6 Å². The third-order valence-electron chi connectivity index (χ3n) is 2.85. The third kappa shape index (κ3) is 3.66. The van der Waals surface area contributed by atoms with Crippen LogP contribution in [0.5, 0.6) is 0 Å². The van der Waals surface area contributed by atoms with Crippen LogP contribution in [0.2, 0.25) is 5.02 Å². The Morgan fingerprint density at radius 1 is 1.47 bits per heavy atom. The van der Waals surface area contributed by atoms with Gasteiger partial charge in [-0.25, -0.2) is 4.39 Å². The molecular weight excluding hydrogens is 241 g/mol. The van der Waals surface area contributed by atoms with Crippen LogP contribution in [0.15, 0.2) is 18.2 Å². The van der Waals surface area contributed by atoms with Crippen molar-refractivity contribution in [3.63, 3.8) is 0 Å². The Hall–Kier alpha value is -0.640. The molecule has 1 aromatic carbocycles. The maximum atomic E-state index is 13.3. The summed E-state index contributed by atoms with van der Waals surface area (Å²) in [7, 11) is 3.49. The summed E-state index contributed by atoms with van der Waals surface area (Å²) in [6, 6.07) is 4.31. The van der Waals surface area contributed by atoms with Gasteiger partial charge in [-0.2, -0.15) is 0 Å². The average Bonchev–Trinajstić information content (AvgIpc) is 2.33. The number of nitrogens with one attached hydrogen (secondary N) is 1. The molecule has 0 fully saturated rings. The lowest BCUT2D eigenvalue weighted by Crippen LogP contribution is -2.31. The fourth-order valence-electron chi connectivity index (χ4n) is 2.00. The number of rotatable bonds is 6. The molecule has 0 aromatic heterocycles. The van der Waals surface area contributed by atoms with Crippen LogP contribution in [-0.4, -0.2) is 20.3 Å². The first-order valence-electron chi connectivity index (χ1n) is 5.79. The van der Waals surface area contributed by atoms with Crippen LogP contribution in [0.1, 0.15) is 31.4 Å². The average molecular weight is 260 g/mol. The first kappa shape index (κ1) is 14.4. The summed E-state index contributed by atoms with van der Waals surface area (Å²) < 4.78 is 18.7. The molecule has 0 aliphatic heterocycles. The van der Waals surface area contributed by atoms with Crippen LogP contribution in [0.4, 0.5) is 4.39 Å². The second-order valence-corrected chi connectivity index (χ2v) is 4.40. The zero-order valence-corrected chi connectivity index (χ0v) is 11.2. The molecule has 0 bridgehead atoms. The van der Waals surface area contributed by atoms with Crippen LogP contribution < -0.4 is 5.32 Å². The van der Waals surface area contributed by atoms with Crippen molar-refractivity contribution >= 4 is 11.6 Å². The van der Waals surface area contributed by atoms with E-state index < -0.39 is 0 Å². The lowest BCUT2D eigenvalue weighted by atomic mass is 9.98. The van der Waals surface area contributed by atoms with Crippen LogP contribution in [0.3, 0.4) is 0 Å². The van der Waals surface area contributed by atoms with E-state index in [2.05, 4.69) is 12.2 Å². The van der Waals surface area contributed by atoms with Gasteiger partial charge in [-0.05, 0) is 37.2 Å². The highest BCUT2D eigenvalue weighted by Crippen LogP contribution is 2.28. The van der Waals surface area contributed by atoms with Crippen molar-refractivity contribution in [2.75, 3.05) is 14.2 Å². The summed E-state index contributed by atoms with van der Waals surface area (Å²) in [5.74, 6) is -0.281. The maximum absolute atomic E-state index is 13.3. The summed E-state index contributed by atoms with van der Waals surface area (Å²) in [6.45, 7) is 2.09. The number of hydrogen-bond donors (Lipinski definition) is 1. The molecule has 0 amide bonds. The molecule has 1 aromatic rings. The fraction of sp³-hybridized carbons (Fsp3) is 0.538. The monoisotopic (exact) mass is 259 g/mol. The Morgan fingerprint density at radius 3 is 2.71 bits per heavy atom. The molecule has 2 nitrogen and oxygen atoms in total. The Balaban J connectivity index is 3.02.